The van der Waals surface area contributed by atoms with Crippen LogP contribution in [0.2, 0.25) is 6.32 Å². The molecular weight excluding hydrogens is 235 g/mol. The number of nitrogens with two attached hydrogens (primary N) is 1. The number of nitrogens with one attached hydrogen (secondary N) is 1. The number of aliphatic carboxylic acids is 1. The second kappa shape index (κ2) is 9.32. The first-order valence-corrected chi connectivity index (χ1v) is 6.38. The largest absolute Gasteiger partial charge is 0.480 e. The van der Waals surface area contributed by atoms with Crippen molar-refractivity contribution in [2.45, 2.75) is 38.5 Å². The number of likely N-dealkylation sites (N-methyl/N-ethyl adjacent to an activating group) is 1. The quantitative estimate of drug-likeness (QED) is 0.339. The predicted octanol–water partition coefficient (Wildman–Crippen LogP) is -0.487. The first-order valence-electron chi connectivity index (χ1n) is 6.38. The summed E-state index contributed by atoms with van der Waals surface area (Å²) < 4.78 is 0. The molecule has 3 unspecified atom stereocenters. The Balaban J connectivity index is 4.09. The smallest absolute Gasteiger partial charge is 0.451 e. The summed E-state index contributed by atoms with van der Waals surface area (Å²) >= 11 is 0. The summed E-state index contributed by atoms with van der Waals surface area (Å²) in [6.45, 7) is 2.35. The Labute approximate surface area is 109 Å². The molecule has 0 saturated carbocycles. The fourth-order valence-corrected chi connectivity index (χ4v) is 2.06. The van der Waals surface area contributed by atoms with Crippen molar-refractivity contribution >= 4 is 13.1 Å². The summed E-state index contributed by atoms with van der Waals surface area (Å²) in [5, 5.41) is 29.3. The van der Waals surface area contributed by atoms with Crippen molar-refractivity contribution in [3.05, 3.63) is 0 Å². The van der Waals surface area contributed by atoms with Gasteiger partial charge >= 0.3 is 13.1 Å². The Morgan fingerprint density at radius 3 is 2.33 bits per heavy atom. The molecule has 0 spiro atoms. The Morgan fingerprint density at radius 2 is 1.94 bits per heavy atom. The van der Waals surface area contributed by atoms with Gasteiger partial charge < -0.3 is 26.2 Å². The maximum absolute atomic E-state index is 11.0. The van der Waals surface area contributed by atoms with Gasteiger partial charge in [-0.25, -0.2) is 0 Å². The topological polar surface area (TPSA) is 116 Å². The van der Waals surface area contributed by atoms with Gasteiger partial charge in [0.1, 0.15) is 6.04 Å². The van der Waals surface area contributed by atoms with Gasteiger partial charge in [-0.2, -0.15) is 0 Å². The molecule has 0 amide bonds. The number of carbonyl (C=O) groups is 1. The minimum absolute atomic E-state index is 0.103. The maximum atomic E-state index is 11.0. The molecule has 0 fully saturated rings. The Kier molecular flexibility index (Phi) is 9.00. The minimum Gasteiger partial charge on any atom is -0.480 e. The highest BCUT2D eigenvalue weighted by Crippen LogP contribution is 2.19. The molecule has 0 rings (SSSR count). The van der Waals surface area contributed by atoms with E-state index in [1.807, 2.05) is 6.92 Å². The van der Waals surface area contributed by atoms with Crippen molar-refractivity contribution in [1.82, 2.24) is 5.32 Å². The van der Waals surface area contributed by atoms with Crippen molar-refractivity contribution in [2.75, 3.05) is 13.6 Å². The Bertz CT molecular complexity index is 241. The van der Waals surface area contributed by atoms with Gasteiger partial charge in [0, 0.05) is 0 Å². The zero-order valence-corrected chi connectivity index (χ0v) is 11.2. The summed E-state index contributed by atoms with van der Waals surface area (Å²) in [6, 6.07) is -0.620. The summed E-state index contributed by atoms with van der Waals surface area (Å²) in [7, 11) is 0.356. The molecule has 0 saturated heterocycles. The van der Waals surface area contributed by atoms with Crippen molar-refractivity contribution < 1.29 is 19.9 Å². The second-order valence-electron chi connectivity index (χ2n) is 4.84. The van der Waals surface area contributed by atoms with Crippen molar-refractivity contribution in [2.24, 2.45) is 17.6 Å². The predicted molar refractivity (Wildman–Crippen MR) is 71.0 cm³/mol. The summed E-state index contributed by atoms with van der Waals surface area (Å²) in [4.78, 5) is 11.0. The van der Waals surface area contributed by atoms with E-state index >= 15 is 0 Å². The highest BCUT2D eigenvalue weighted by Gasteiger charge is 2.25. The van der Waals surface area contributed by atoms with Crippen LogP contribution in [0.1, 0.15) is 26.2 Å². The van der Waals surface area contributed by atoms with E-state index in [1.165, 1.54) is 0 Å². The fourth-order valence-electron chi connectivity index (χ4n) is 2.06. The molecule has 0 heterocycles. The van der Waals surface area contributed by atoms with Crippen LogP contribution >= 0.6 is 0 Å². The van der Waals surface area contributed by atoms with Crippen LogP contribution in [0.3, 0.4) is 0 Å². The van der Waals surface area contributed by atoms with Gasteiger partial charge in [0.25, 0.3) is 0 Å². The van der Waals surface area contributed by atoms with E-state index in [-0.39, 0.29) is 5.92 Å². The van der Waals surface area contributed by atoms with Gasteiger partial charge in [0.2, 0.25) is 0 Å². The van der Waals surface area contributed by atoms with Crippen LogP contribution in [0.25, 0.3) is 0 Å². The lowest BCUT2D eigenvalue weighted by Gasteiger charge is -2.23. The van der Waals surface area contributed by atoms with Crippen LogP contribution in [0.15, 0.2) is 0 Å². The fraction of sp³-hybridized carbons (Fsp3) is 0.909. The number of hydrogen-bond donors (Lipinski definition) is 5. The van der Waals surface area contributed by atoms with Gasteiger partial charge in [0.15, 0.2) is 0 Å². The molecule has 0 aromatic rings. The van der Waals surface area contributed by atoms with Crippen LogP contribution in [-0.4, -0.2) is 47.9 Å². The van der Waals surface area contributed by atoms with Gasteiger partial charge in [-0.05, 0) is 38.2 Å². The van der Waals surface area contributed by atoms with E-state index in [0.29, 0.717) is 25.2 Å². The van der Waals surface area contributed by atoms with E-state index in [4.69, 9.17) is 20.9 Å². The molecule has 6 N–H and O–H groups in total. The first-order chi connectivity index (χ1) is 8.42. The standard InChI is InChI=1S/C11H25BN2O4/c1-8(5-6-12(17)18)3-4-9(7-13)10(14-2)11(15)16/h8-10,14,17-18H,3-7,13H2,1-2H3,(H,15,16). The average molecular weight is 260 g/mol. The molecule has 7 heteroatoms. The van der Waals surface area contributed by atoms with Crippen molar-refractivity contribution in [3.8, 4) is 0 Å². The van der Waals surface area contributed by atoms with Crippen LogP contribution in [0, 0.1) is 11.8 Å². The third-order valence-electron chi connectivity index (χ3n) is 3.30. The van der Waals surface area contributed by atoms with Crippen LogP contribution in [0.5, 0.6) is 0 Å². The zero-order valence-electron chi connectivity index (χ0n) is 11.2. The van der Waals surface area contributed by atoms with Gasteiger partial charge in [-0.3, -0.25) is 4.79 Å². The maximum Gasteiger partial charge on any atom is 0.451 e. The Morgan fingerprint density at radius 1 is 1.33 bits per heavy atom. The van der Waals surface area contributed by atoms with Gasteiger partial charge in [-0.15, -0.1) is 0 Å². The molecule has 106 valence electrons. The number of hydrogen-bond acceptors (Lipinski definition) is 5. The first kappa shape index (κ1) is 17.4. The monoisotopic (exact) mass is 260 g/mol. The molecule has 3 atom stereocenters. The summed E-state index contributed by atoms with van der Waals surface area (Å²) in [6.07, 6.45) is 2.62. The minimum atomic E-state index is -1.26. The molecule has 0 aromatic heterocycles. The van der Waals surface area contributed by atoms with E-state index in [1.54, 1.807) is 7.05 Å². The molecule has 18 heavy (non-hydrogen) atoms. The lowest BCUT2D eigenvalue weighted by atomic mass is 9.79. The molecule has 0 radical (unpaired) electrons. The van der Waals surface area contributed by atoms with E-state index < -0.39 is 19.1 Å². The SMILES string of the molecule is CNC(C(=O)O)C(CN)CCC(C)CCB(O)O. The lowest BCUT2D eigenvalue weighted by Crippen LogP contribution is -2.44. The van der Waals surface area contributed by atoms with Crippen LogP contribution in [0.4, 0.5) is 0 Å². The Hall–Kier alpha value is -0.625. The highest BCUT2D eigenvalue weighted by atomic mass is 16.4. The summed E-state index contributed by atoms with van der Waals surface area (Å²) in [5.41, 5.74) is 5.61. The van der Waals surface area contributed by atoms with Crippen LogP contribution in [-0.2, 0) is 4.79 Å². The third-order valence-corrected chi connectivity index (χ3v) is 3.30. The van der Waals surface area contributed by atoms with Crippen LogP contribution < -0.4 is 11.1 Å². The lowest BCUT2D eigenvalue weighted by molar-refractivity contribution is -0.140. The molecule has 0 aliphatic heterocycles. The van der Waals surface area contributed by atoms with Crippen molar-refractivity contribution in [1.29, 1.82) is 0 Å². The number of carboxylic acids is 1. The van der Waals surface area contributed by atoms with Gasteiger partial charge in [0.05, 0.1) is 0 Å². The molecular formula is C11H25BN2O4. The van der Waals surface area contributed by atoms with E-state index in [0.717, 1.165) is 12.8 Å². The third kappa shape index (κ3) is 6.95. The zero-order chi connectivity index (χ0) is 14.1. The normalized spacial score (nSPS) is 16.1. The van der Waals surface area contributed by atoms with E-state index in [9.17, 15) is 4.79 Å². The molecule has 0 aromatic carbocycles. The molecule has 0 bridgehead atoms. The molecule has 0 aliphatic carbocycles. The summed E-state index contributed by atoms with van der Waals surface area (Å²) in [5.74, 6) is -0.660. The molecule has 0 aliphatic rings. The number of rotatable bonds is 10. The van der Waals surface area contributed by atoms with Gasteiger partial charge in [-0.1, -0.05) is 19.8 Å². The van der Waals surface area contributed by atoms with E-state index in [2.05, 4.69) is 5.32 Å². The van der Waals surface area contributed by atoms with Crippen molar-refractivity contribution in [3.63, 3.8) is 0 Å². The second-order valence-corrected chi connectivity index (χ2v) is 4.84. The average Bonchev–Trinajstić information content (AvgIpc) is 2.31. The molecule has 6 nitrogen and oxygen atoms in total. The highest BCUT2D eigenvalue weighted by molar-refractivity contribution is 6.40. The number of carboxylic acid groups (broad SMARTS) is 1.